The first-order valence-electron chi connectivity index (χ1n) is 6.15. The number of hydrogen-bond acceptors (Lipinski definition) is 2. The highest BCUT2D eigenvalue weighted by atomic mass is 16.5. The Morgan fingerprint density at radius 3 is 1.94 bits per heavy atom. The normalized spacial score (nSPS) is 14.7. The third-order valence-corrected chi connectivity index (χ3v) is 2.16. The molecule has 0 aliphatic rings. The zero-order chi connectivity index (χ0) is 13.0. The molecule has 1 unspecified atom stereocenters. The molecule has 0 aliphatic carbocycles. The lowest BCUT2D eigenvalue weighted by molar-refractivity contribution is -0.147. The van der Waals surface area contributed by atoms with Gasteiger partial charge in [0, 0.05) is 0 Å². The molecule has 0 radical (unpaired) electrons. The number of carbonyl (C=O) groups is 1. The summed E-state index contributed by atoms with van der Waals surface area (Å²) in [5, 5.41) is 0. The highest BCUT2D eigenvalue weighted by Gasteiger charge is 2.19. The lowest BCUT2D eigenvalue weighted by Gasteiger charge is -2.23. The van der Waals surface area contributed by atoms with Crippen LogP contribution in [0.1, 0.15) is 61.3 Å². The van der Waals surface area contributed by atoms with Gasteiger partial charge < -0.3 is 4.74 Å². The number of rotatable bonds is 4. The first kappa shape index (κ1) is 15.5. The zero-order valence-corrected chi connectivity index (χ0v) is 12.0. The second-order valence-corrected chi connectivity index (χ2v) is 7.29. The van der Waals surface area contributed by atoms with Crippen LogP contribution in [0.5, 0.6) is 0 Å². The second kappa shape index (κ2) is 5.70. The molecule has 0 aromatic carbocycles. The van der Waals surface area contributed by atoms with Crippen molar-refractivity contribution in [3.05, 3.63) is 0 Å². The molecule has 0 heterocycles. The maximum Gasteiger partial charge on any atom is 0.306 e. The highest BCUT2D eigenvalue weighted by Crippen LogP contribution is 2.25. The van der Waals surface area contributed by atoms with Gasteiger partial charge in [-0.2, -0.15) is 0 Å². The Morgan fingerprint density at radius 2 is 1.56 bits per heavy atom. The quantitative estimate of drug-likeness (QED) is 0.679. The summed E-state index contributed by atoms with van der Waals surface area (Å²) in [5.74, 6) is 0.358. The van der Waals surface area contributed by atoms with Crippen molar-refractivity contribution in [1.82, 2.24) is 0 Å². The van der Waals surface area contributed by atoms with Crippen LogP contribution in [0.15, 0.2) is 0 Å². The number of hydrogen-bond donors (Lipinski definition) is 0. The van der Waals surface area contributed by atoms with E-state index in [1.807, 2.05) is 20.8 Å². The van der Waals surface area contributed by atoms with Gasteiger partial charge in [0.05, 0.1) is 13.0 Å². The molecule has 0 aromatic rings. The lowest BCUT2D eigenvalue weighted by atomic mass is 9.86. The van der Waals surface area contributed by atoms with Crippen molar-refractivity contribution in [2.45, 2.75) is 61.3 Å². The fourth-order valence-corrected chi connectivity index (χ4v) is 1.82. The molecular formula is C14H28O2. The van der Waals surface area contributed by atoms with E-state index in [4.69, 9.17) is 4.74 Å². The Kier molecular flexibility index (Phi) is 5.51. The Labute approximate surface area is 101 Å². The molecule has 1 atom stereocenters. The van der Waals surface area contributed by atoms with E-state index in [1.165, 1.54) is 0 Å². The third kappa shape index (κ3) is 10.0. The smallest absolute Gasteiger partial charge is 0.306 e. The van der Waals surface area contributed by atoms with Crippen LogP contribution in [0, 0.1) is 16.7 Å². The Bertz CT molecular complexity index is 218. The number of ether oxygens (including phenoxy) is 1. The molecule has 2 nitrogen and oxygen atoms in total. The van der Waals surface area contributed by atoms with Gasteiger partial charge in [-0.1, -0.05) is 48.5 Å². The van der Waals surface area contributed by atoms with Gasteiger partial charge in [0.25, 0.3) is 0 Å². The molecule has 0 aromatic heterocycles. The van der Waals surface area contributed by atoms with Crippen molar-refractivity contribution in [3.8, 4) is 0 Å². The lowest BCUT2D eigenvalue weighted by Crippen LogP contribution is -2.20. The summed E-state index contributed by atoms with van der Waals surface area (Å²) < 4.78 is 5.29. The summed E-state index contributed by atoms with van der Waals surface area (Å²) >= 11 is 0. The van der Waals surface area contributed by atoms with E-state index < -0.39 is 0 Å². The maximum absolute atomic E-state index is 11.5. The van der Waals surface area contributed by atoms with Gasteiger partial charge in [-0.3, -0.25) is 4.79 Å². The largest absolute Gasteiger partial charge is 0.465 e. The van der Waals surface area contributed by atoms with Crippen LogP contribution in [-0.4, -0.2) is 12.6 Å². The standard InChI is InChI=1S/C14H28O2/c1-11(8-13(2,3)4)10-16-12(15)9-14(5,6)7/h11H,8-10H2,1-7H3. The molecule has 0 fully saturated rings. The molecule has 0 rings (SSSR count). The van der Waals surface area contributed by atoms with Crippen molar-refractivity contribution in [2.24, 2.45) is 16.7 Å². The van der Waals surface area contributed by atoms with E-state index in [0.717, 1.165) is 6.42 Å². The molecule has 0 N–H and O–H groups in total. The third-order valence-electron chi connectivity index (χ3n) is 2.16. The van der Waals surface area contributed by atoms with Crippen LogP contribution < -0.4 is 0 Å². The van der Waals surface area contributed by atoms with Crippen LogP contribution in [0.2, 0.25) is 0 Å². The summed E-state index contributed by atoms with van der Waals surface area (Å²) in [5.41, 5.74) is 0.320. The van der Waals surface area contributed by atoms with Crippen LogP contribution >= 0.6 is 0 Å². The minimum absolute atomic E-state index is 0.0182. The SMILES string of the molecule is CC(COC(=O)CC(C)(C)C)CC(C)(C)C. The summed E-state index contributed by atoms with van der Waals surface area (Å²) in [6.07, 6.45) is 1.57. The van der Waals surface area contributed by atoms with Gasteiger partial charge in [-0.15, -0.1) is 0 Å². The van der Waals surface area contributed by atoms with E-state index in [1.54, 1.807) is 0 Å². The van der Waals surface area contributed by atoms with Crippen LogP contribution in [0.25, 0.3) is 0 Å². The van der Waals surface area contributed by atoms with Crippen molar-refractivity contribution >= 4 is 5.97 Å². The summed E-state index contributed by atoms with van der Waals surface area (Å²) in [6.45, 7) is 15.5. The average molecular weight is 228 g/mol. The van der Waals surface area contributed by atoms with Crippen molar-refractivity contribution < 1.29 is 9.53 Å². The molecule has 0 spiro atoms. The molecule has 0 saturated carbocycles. The van der Waals surface area contributed by atoms with Crippen LogP contribution in [0.4, 0.5) is 0 Å². The first-order chi connectivity index (χ1) is 6.99. The predicted octanol–water partition coefficient (Wildman–Crippen LogP) is 4.04. The monoisotopic (exact) mass is 228 g/mol. The van der Waals surface area contributed by atoms with Crippen molar-refractivity contribution in [3.63, 3.8) is 0 Å². The Balaban J connectivity index is 3.85. The fraction of sp³-hybridized carbons (Fsp3) is 0.929. The minimum Gasteiger partial charge on any atom is -0.465 e. The van der Waals surface area contributed by atoms with Gasteiger partial charge in [-0.05, 0) is 23.2 Å². The topological polar surface area (TPSA) is 26.3 Å². The van der Waals surface area contributed by atoms with Gasteiger partial charge in [0.1, 0.15) is 0 Å². The van der Waals surface area contributed by atoms with Gasteiger partial charge in [0.15, 0.2) is 0 Å². The van der Waals surface area contributed by atoms with E-state index in [-0.39, 0.29) is 11.4 Å². The van der Waals surface area contributed by atoms with Crippen LogP contribution in [-0.2, 0) is 9.53 Å². The van der Waals surface area contributed by atoms with Gasteiger partial charge >= 0.3 is 5.97 Å². The molecule has 0 saturated heterocycles. The maximum atomic E-state index is 11.5. The predicted molar refractivity (Wildman–Crippen MR) is 68.3 cm³/mol. The highest BCUT2D eigenvalue weighted by molar-refractivity contribution is 5.70. The number of esters is 1. The summed E-state index contributed by atoms with van der Waals surface area (Å²) in [6, 6.07) is 0. The van der Waals surface area contributed by atoms with Crippen LogP contribution in [0.3, 0.4) is 0 Å². The van der Waals surface area contributed by atoms with E-state index in [9.17, 15) is 4.79 Å². The Hall–Kier alpha value is -0.530. The zero-order valence-electron chi connectivity index (χ0n) is 12.0. The molecular weight excluding hydrogens is 200 g/mol. The summed E-state index contributed by atoms with van der Waals surface area (Å²) in [7, 11) is 0. The molecule has 0 amide bonds. The molecule has 16 heavy (non-hydrogen) atoms. The average Bonchev–Trinajstić information content (AvgIpc) is 1.94. The van der Waals surface area contributed by atoms with E-state index in [0.29, 0.717) is 24.4 Å². The van der Waals surface area contributed by atoms with Gasteiger partial charge in [0.2, 0.25) is 0 Å². The number of carbonyl (C=O) groups excluding carboxylic acids is 1. The van der Waals surface area contributed by atoms with E-state index in [2.05, 4.69) is 27.7 Å². The molecule has 0 aliphatic heterocycles. The Morgan fingerprint density at radius 1 is 1.06 bits per heavy atom. The second-order valence-electron chi connectivity index (χ2n) is 7.29. The first-order valence-corrected chi connectivity index (χ1v) is 6.15. The van der Waals surface area contributed by atoms with E-state index >= 15 is 0 Å². The molecule has 0 bridgehead atoms. The molecule has 96 valence electrons. The van der Waals surface area contributed by atoms with Gasteiger partial charge in [-0.25, -0.2) is 0 Å². The minimum atomic E-state index is -0.0757. The van der Waals surface area contributed by atoms with Crippen molar-refractivity contribution in [2.75, 3.05) is 6.61 Å². The van der Waals surface area contributed by atoms with Crippen molar-refractivity contribution in [1.29, 1.82) is 0 Å². The summed E-state index contributed by atoms with van der Waals surface area (Å²) in [4.78, 5) is 11.5. The molecule has 2 heteroatoms. The fourth-order valence-electron chi connectivity index (χ4n) is 1.82.